The minimum absolute atomic E-state index is 0.756. The SMILES string of the molecule is C=[N+](O)c1ccc2c(c1)CN(CC)CC2. The van der Waals surface area contributed by atoms with Gasteiger partial charge in [-0.3, -0.25) is 10.1 Å². The predicted octanol–water partition coefficient (Wildman–Crippen LogP) is 1.80. The summed E-state index contributed by atoms with van der Waals surface area (Å²) < 4.78 is 0.922. The summed E-state index contributed by atoms with van der Waals surface area (Å²) in [5.41, 5.74) is 3.46. The molecule has 0 spiro atoms. The molecule has 0 unspecified atom stereocenters. The number of fused-ring (bicyclic) bond motifs is 1. The van der Waals surface area contributed by atoms with Crippen LogP contribution in [0.1, 0.15) is 18.1 Å². The molecule has 0 saturated carbocycles. The topological polar surface area (TPSA) is 26.5 Å². The van der Waals surface area contributed by atoms with E-state index < -0.39 is 0 Å². The fraction of sp³-hybridized carbons (Fsp3) is 0.417. The lowest BCUT2D eigenvalue weighted by Gasteiger charge is -2.27. The molecule has 1 aromatic rings. The van der Waals surface area contributed by atoms with Crippen LogP contribution in [0.4, 0.5) is 5.69 Å². The highest BCUT2D eigenvalue weighted by molar-refractivity contribution is 5.42. The third kappa shape index (κ3) is 2.02. The highest BCUT2D eigenvalue weighted by Gasteiger charge is 2.17. The standard InChI is InChI=1S/C12H17N2O/c1-3-14-7-6-10-4-5-12(13(2)15)8-11(10)9-14/h4-5,8,15H,2-3,6-7,9H2,1H3/q+1. The van der Waals surface area contributed by atoms with E-state index in [0.29, 0.717) is 0 Å². The monoisotopic (exact) mass is 205 g/mol. The molecule has 0 aromatic heterocycles. The van der Waals surface area contributed by atoms with Gasteiger partial charge >= 0.3 is 0 Å². The summed E-state index contributed by atoms with van der Waals surface area (Å²) in [4.78, 5) is 2.40. The first-order chi connectivity index (χ1) is 7.20. The number of hydrogen-bond donors (Lipinski definition) is 1. The van der Waals surface area contributed by atoms with E-state index in [0.717, 1.165) is 36.5 Å². The highest BCUT2D eigenvalue weighted by atomic mass is 16.5. The van der Waals surface area contributed by atoms with Gasteiger partial charge in [0.1, 0.15) is 0 Å². The van der Waals surface area contributed by atoms with Crippen molar-refractivity contribution in [3.63, 3.8) is 0 Å². The van der Waals surface area contributed by atoms with Crippen molar-refractivity contribution < 1.29 is 9.95 Å². The maximum atomic E-state index is 9.26. The normalized spacial score (nSPS) is 16.1. The molecule has 0 aliphatic carbocycles. The van der Waals surface area contributed by atoms with Crippen LogP contribution in [0.2, 0.25) is 0 Å². The molecule has 1 aliphatic heterocycles. The van der Waals surface area contributed by atoms with Gasteiger partial charge < -0.3 is 0 Å². The molecule has 1 heterocycles. The van der Waals surface area contributed by atoms with Crippen molar-refractivity contribution in [2.75, 3.05) is 13.1 Å². The molecule has 0 saturated heterocycles. The van der Waals surface area contributed by atoms with Gasteiger partial charge in [0, 0.05) is 30.0 Å². The summed E-state index contributed by atoms with van der Waals surface area (Å²) in [7, 11) is 0. The molecule has 1 aliphatic rings. The molecule has 0 fully saturated rings. The maximum Gasteiger partial charge on any atom is 0.256 e. The average molecular weight is 205 g/mol. The summed E-state index contributed by atoms with van der Waals surface area (Å²) in [6.45, 7) is 8.84. The summed E-state index contributed by atoms with van der Waals surface area (Å²) in [5, 5.41) is 9.26. The van der Waals surface area contributed by atoms with Gasteiger partial charge in [0.25, 0.3) is 5.69 Å². The number of nitrogens with zero attached hydrogens (tertiary/aromatic N) is 2. The van der Waals surface area contributed by atoms with Gasteiger partial charge in [-0.2, -0.15) is 0 Å². The van der Waals surface area contributed by atoms with Crippen LogP contribution in [0.5, 0.6) is 0 Å². The maximum absolute atomic E-state index is 9.26. The average Bonchev–Trinajstić information content (AvgIpc) is 2.27. The molecule has 3 nitrogen and oxygen atoms in total. The Kier molecular flexibility index (Phi) is 2.73. The van der Waals surface area contributed by atoms with Crippen LogP contribution >= 0.6 is 0 Å². The molecule has 1 N–H and O–H groups in total. The van der Waals surface area contributed by atoms with E-state index in [9.17, 15) is 5.21 Å². The van der Waals surface area contributed by atoms with Crippen molar-refractivity contribution in [3.8, 4) is 0 Å². The van der Waals surface area contributed by atoms with E-state index in [2.05, 4.69) is 24.6 Å². The second-order valence-corrected chi connectivity index (χ2v) is 3.97. The molecule has 2 rings (SSSR count). The largest absolute Gasteiger partial charge is 0.299 e. The summed E-state index contributed by atoms with van der Waals surface area (Å²) in [5.74, 6) is 0. The fourth-order valence-electron chi connectivity index (χ4n) is 2.03. The minimum Gasteiger partial charge on any atom is -0.299 e. The van der Waals surface area contributed by atoms with Crippen molar-refractivity contribution >= 4 is 12.4 Å². The van der Waals surface area contributed by atoms with Crippen molar-refractivity contribution in [1.29, 1.82) is 0 Å². The number of hydrogen-bond acceptors (Lipinski definition) is 2. The first-order valence-electron chi connectivity index (χ1n) is 5.34. The molecular weight excluding hydrogens is 188 g/mol. The Morgan fingerprint density at radius 3 is 2.93 bits per heavy atom. The third-order valence-electron chi connectivity index (χ3n) is 3.03. The van der Waals surface area contributed by atoms with Gasteiger partial charge in [0.15, 0.2) is 6.72 Å². The van der Waals surface area contributed by atoms with E-state index >= 15 is 0 Å². The Labute approximate surface area is 90.2 Å². The molecule has 80 valence electrons. The number of rotatable bonds is 2. The van der Waals surface area contributed by atoms with Gasteiger partial charge in [0.05, 0.1) is 0 Å². The van der Waals surface area contributed by atoms with E-state index in [4.69, 9.17) is 0 Å². The Hall–Kier alpha value is -1.35. The molecule has 0 atom stereocenters. The van der Waals surface area contributed by atoms with Crippen LogP contribution in [0, 0.1) is 0 Å². The molecule has 0 amide bonds. The fourth-order valence-corrected chi connectivity index (χ4v) is 2.03. The van der Waals surface area contributed by atoms with E-state index in [1.54, 1.807) is 0 Å². The number of likely N-dealkylation sites (N-methyl/N-ethyl adjacent to an activating group) is 1. The zero-order valence-electron chi connectivity index (χ0n) is 9.11. The predicted molar refractivity (Wildman–Crippen MR) is 59.9 cm³/mol. The molecule has 3 heteroatoms. The van der Waals surface area contributed by atoms with Crippen molar-refractivity contribution in [2.45, 2.75) is 19.9 Å². The van der Waals surface area contributed by atoms with Crippen LogP contribution in [0.3, 0.4) is 0 Å². The summed E-state index contributed by atoms with van der Waals surface area (Å²) >= 11 is 0. The summed E-state index contributed by atoms with van der Waals surface area (Å²) in [6, 6.07) is 6.02. The van der Waals surface area contributed by atoms with E-state index in [1.807, 2.05) is 12.1 Å². The van der Waals surface area contributed by atoms with Crippen LogP contribution in [0.25, 0.3) is 0 Å². The Morgan fingerprint density at radius 2 is 2.27 bits per heavy atom. The van der Waals surface area contributed by atoms with Gasteiger partial charge in [-0.25, -0.2) is 0 Å². The molecular formula is C12H17N2O+. The third-order valence-corrected chi connectivity index (χ3v) is 3.03. The van der Waals surface area contributed by atoms with Crippen molar-refractivity contribution in [3.05, 3.63) is 29.3 Å². The molecule has 15 heavy (non-hydrogen) atoms. The summed E-state index contributed by atoms with van der Waals surface area (Å²) in [6.07, 6.45) is 1.10. The zero-order chi connectivity index (χ0) is 10.8. The smallest absolute Gasteiger partial charge is 0.256 e. The lowest BCUT2D eigenvalue weighted by Crippen LogP contribution is -2.30. The second-order valence-electron chi connectivity index (χ2n) is 3.97. The van der Waals surface area contributed by atoms with Crippen molar-refractivity contribution in [2.24, 2.45) is 0 Å². The molecule has 0 radical (unpaired) electrons. The molecule has 1 aromatic carbocycles. The Morgan fingerprint density at radius 1 is 1.47 bits per heavy atom. The van der Waals surface area contributed by atoms with Crippen LogP contribution in [-0.2, 0) is 13.0 Å². The van der Waals surface area contributed by atoms with Crippen LogP contribution in [0.15, 0.2) is 18.2 Å². The van der Waals surface area contributed by atoms with Crippen molar-refractivity contribution in [1.82, 2.24) is 4.90 Å². The number of benzene rings is 1. The Balaban J connectivity index is 2.30. The van der Waals surface area contributed by atoms with Gasteiger partial charge in [-0.15, -0.1) is 0 Å². The first kappa shape index (κ1) is 10.2. The second kappa shape index (κ2) is 4.03. The minimum atomic E-state index is 0.756. The quantitative estimate of drug-likeness (QED) is 0.345. The van der Waals surface area contributed by atoms with Gasteiger partial charge in [0.2, 0.25) is 0 Å². The lowest BCUT2D eigenvalue weighted by atomic mass is 9.99. The Bertz CT molecular complexity index is 387. The lowest BCUT2D eigenvalue weighted by molar-refractivity contribution is -0.706. The van der Waals surface area contributed by atoms with Gasteiger partial charge in [-0.05, 0) is 24.1 Å². The van der Waals surface area contributed by atoms with E-state index in [1.165, 1.54) is 11.1 Å². The van der Waals surface area contributed by atoms with Crippen LogP contribution in [-0.4, -0.2) is 34.7 Å². The zero-order valence-corrected chi connectivity index (χ0v) is 9.11. The highest BCUT2D eigenvalue weighted by Crippen LogP contribution is 2.23. The van der Waals surface area contributed by atoms with Gasteiger partial charge in [-0.1, -0.05) is 13.0 Å². The molecule has 0 bridgehead atoms. The van der Waals surface area contributed by atoms with Crippen LogP contribution < -0.4 is 0 Å². The first-order valence-corrected chi connectivity index (χ1v) is 5.34. The van der Waals surface area contributed by atoms with E-state index in [-0.39, 0.29) is 0 Å².